The molecule has 0 aliphatic carbocycles. The van der Waals surface area contributed by atoms with E-state index in [1.54, 1.807) is 0 Å². The molecule has 0 saturated heterocycles. The van der Waals surface area contributed by atoms with E-state index in [4.69, 9.17) is 37.0 Å². The summed E-state index contributed by atoms with van der Waals surface area (Å²) >= 11 is 0. The highest BCUT2D eigenvalue weighted by molar-refractivity contribution is 7.47. The molecule has 17 nitrogen and oxygen atoms in total. The smallest absolute Gasteiger partial charge is 0.462 e. The second kappa shape index (κ2) is 65.0. The minimum Gasteiger partial charge on any atom is -0.462 e. The van der Waals surface area contributed by atoms with Crippen molar-refractivity contribution >= 4 is 39.5 Å². The summed E-state index contributed by atoms with van der Waals surface area (Å²) in [6, 6.07) is 0. The van der Waals surface area contributed by atoms with Crippen LogP contribution in [-0.4, -0.2) is 96.7 Å². The van der Waals surface area contributed by atoms with Gasteiger partial charge in [0.1, 0.15) is 19.3 Å². The summed E-state index contributed by atoms with van der Waals surface area (Å²) in [4.78, 5) is 72.7. The standard InChI is InChI=1S/C73H142O17P2/c1-7-9-11-13-15-17-19-21-26-32-38-44-50-56-71(76)84-61-68(89-72(77)57-51-45-39-33-27-23-20-22-25-29-35-41-47-53-65(3)4)63-87-91(79,80)85-59-67(74)60-86-92(81,82)88-64-69(62-83-70(75)55-49-43-37-31-24-18-16-14-12-10-8-2)90-73(78)58-52-46-40-34-28-30-36-42-48-54-66(5)6/h65-69,74H,7-64H2,1-6H3,(H,79,80)(H,81,82)/t67-,68-,69-/m1/s1. The van der Waals surface area contributed by atoms with E-state index in [0.29, 0.717) is 25.7 Å². The van der Waals surface area contributed by atoms with E-state index < -0.39 is 97.5 Å². The van der Waals surface area contributed by atoms with Crippen LogP contribution >= 0.6 is 15.6 Å². The zero-order valence-corrected chi connectivity index (χ0v) is 61.6. The molecule has 5 atom stereocenters. The van der Waals surface area contributed by atoms with Crippen molar-refractivity contribution in [1.82, 2.24) is 0 Å². The number of aliphatic hydroxyl groups excluding tert-OH is 1. The number of phosphoric ester groups is 2. The molecular formula is C73H142O17P2. The molecule has 92 heavy (non-hydrogen) atoms. The number of phosphoric acid groups is 2. The van der Waals surface area contributed by atoms with Gasteiger partial charge in [-0.3, -0.25) is 37.3 Å². The van der Waals surface area contributed by atoms with Crippen LogP contribution in [0.1, 0.15) is 375 Å². The first-order chi connectivity index (χ1) is 44.4. The Labute approximate surface area is 562 Å². The van der Waals surface area contributed by atoms with Gasteiger partial charge >= 0.3 is 39.5 Å². The van der Waals surface area contributed by atoms with Gasteiger partial charge in [0.2, 0.25) is 0 Å². The topological polar surface area (TPSA) is 237 Å². The lowest BCUT2D eigenvalue weighted by atomic mass is 10.0. The monoisotopic (exact) mass is 1350 g/mol. The van der Waals surface area contributed by atoms with Crippen molar-refractivity contribution in [2.24, 2.45) is 11.8 Å². The van der Waals surface area contributed by atoms with E-state index in [9.17, 15) is 43.2 Å². The number of rotatable bonds is 72. The lowest BCUT2D eigenvalue weighted by Crippen LogP contribution is -2.30. The van der Waals surface area contributed by atoms with Gasteiger partial charge in [-0.2, -0.15) is 0 Å². The number of aliphatic hydroxyl groups is 1. The maximum atomic E-state index is 13.1. The van der Waals surface area contributed by atoms with Crippen LogP contribution < -0.4 is 0 Å². The average Bonchev–Trinajstić information content (AvgIpc) is 3.41. The van der Waals surface area contributed by atoms with E-state index in [2.05, 4.69) is 41.5 Å². The Balaban J connectivity index is 5.25. The molecule has 0 rings (SSSR count). The molecule has 0 amide bonds. The number of ether oxygens (including phenoxy) is 4. The fourth-order valence-corrected chi connectivity index (χ4v) is 12.7. The van der Waals surface area contributed by atoms with Crippen LogP contribution in [0, 0.1) is 11.8 Å². The van der Waals surface area contributed by atoms with E-state index in [1.165, 1.54) is 193 Å². The first-order valence-electron chi connectivity index (χ1n) is 38.0. The summed E-state index contributed by atoms with van der Waals surface area (Å²) in [5.74, 6) is -0.595. The largest absolute Gasteiger partial charge is 0.472 e. The van der Waals surface area contributed by atoms with E-state index in [0.717, 1.165) is 102 Å². The third kappa shape index (κ3) is 66.7. The maximum Gasteiger partial charge on any atom is 0.472 e. The second-order valence-electron chi connectivity index (χ2n) is 27.3. The van der Waals surface area contributed by atoms with Crippen LogP contribution in [0.5, 0.6) is 0 Å². The summed E-state index contributed by atoms with van der Waals surface area (Å²) in [7, 11) is -9.91. The first kappa shape index (κ1) is 90.1. The molecule has 0 aromatic carbocycles. The van der Waals surface area contributed by atoms with Gasteiger partial charge in [-0.15, -0.1) is 0 Å². The molecule has 0 aliphatic heterocycles. The van der Waals surface area contributed by atoms with Gasteiger partial charge in [0.05, 0.1) is 26.4 Å². The highest BCUT2D eigenvalue weighted by Gasteiger charge is 2.30. The molecule has 0 aromatic rings. The van der Waals surface area contributed by atoms with Crippen molar-refractivity contribution in [2.45, 2.75) is 394 Å². The van der Waals surface area contributed by atoms with Crippen molar-refractivity contribution < 1.29 is 80.2 Å². The van der Waals surface area contributed by atoms with E-state index in [-0.39, 0.29) is 25.7 Å². The zero-order valence-electron chi connectivity index (χ0n) is 59.9. The molecule has 0 fully saturated rings. The second-order valence-corrected chi connectivity index (χ2v) is 30.2. The van der Waals surface area contributed by atoms with Crippen LogP contribution in [-0.2, 0) is 65.4 Å². The van der Waals surface area contributed by atoms with Crippen molar-refractivity contribution in [3.05, 3.63) is 0 Å². The summed E-state index contributed by atoms with van der Waals surface area (Å²) in [6.07, 6.45) is 51.2. The fraction of sp³-hybridized carbons (Fsp3) is 0.945. The van der Waals surface area contributed by atoms with Gasteiger partial charge < -0.3 is 33.8 Å². The summed E-state index contributed by atoms with van der Waals surface area (Å²) in [6.45, 7) is 9.57. The molecule has 3 N–H and O–H groups in total. The summed E-state index contributed by atoms with van der Waals surface area (Å²) < 4.78 is 68.4. The van der Waals surface area contributed by atoms with Gasteiger partial charge in [0.15, 0.2) is 12.2 Å². The lowest BCUT2D eigenvalue weighted by molar-refractivity contribution is -0.161. The van der Waals surface area contributed by atoms with Crippen LogP contribution in [0.2, 0.25) is 0 Å². The Morgan fingerprint density at radius 2 is 0.500 bits per heavy atom. The van der Waals surface area contributed by atoms with Crippen molar-refractivity contribution in [1.29, 1.82) is 0 Å². The molecule has 0 aliphatic rings. The van der Waals surface area contributed by atoms with Crippen LogP contribution in [0.15, 0.2) is 0 Å². The van der Waals surface area contributed by atoms with Gasteiger partial charge in [0, 0.05) is 25.7 Å². The summed E-state index contributed by atoms with van der Waals surface area (Å²) in [5, 5.41) is 10.6. The molecule has 0 saturated carbocycles. The minimum atomic E-state index is -4.95. The highest BCUT2D eigenvalue weighted by atomic mass is 31.2. The molecule has 0 aromatic heterocycles. The predicted octanol–water partition coefficient (Wildman–Crippen LogP) is 21.2. The van der Waals surface area contributed by atoms with Crippen LogP contribution in [0.25, 0.3) is 0 Å². The summed E-state index contributed by atoms with van der Waals surface area (Å²) in [5.41, 5.74) is 0. The Kier molecular flexibility index (Phi) is 63.7. The Morgan fingerprint density at radius 3 is 0.739 bits per heavy atom. The van der Waals surface area contributed by atoms with Crippen molar-refractivity contribution in [3.8, 4) is 0 Å². The van der Waals surface area contributed by atoms with E-state index in [1.807, 2.05) is 0 Å². The SMILES string of the molecule is CCCCCCCCCCCCCCCC(=O)OC[C@H](COP(=O)(O)OC[C@@H](O)COP(=O)(O)OC[C@@H](COC(=O)CCCCCCCCCCCCC)OC(=O)CCCCCCCCCCCC(C)C)OC(=O)CCCCCCCCCCCCCCCC(C)C. The molecule has 19 heteroatoms. The van der Waals surface area contributed by atoms with Gasteiger partial charge in [-0.25, -0.2) is 9.13 Å². The molecule has 0 spiro atoms. The number of carbonyl (C=O) groups is 4. The maximum absolute atomic E-state index is 13.1. The number of esters is 4. The normalized spacial score (nSPS) is 14.1. The third-order valence-electron chi connectivity index (χ3n) is 17.0. The molecule has 0 heterocycles. The Bertz CT molecular complexity index is 1790. The molecule has 0 radical (unpaired) electrons. The van der Waals surface area contributed by atoms with E-state index >= 15 is 0 Å². The van der Waals surface area contributed by atoms with Crippen LogP contribution in [0.4, 0.5) is 0 Å². The van der Waals surface area contributed by atoms with Gasteiger partial charge in [0.25, 0.3) is 0 Å². The average molecular weight is 1350 g/mol. The molecule has 0 bridgehead atoms. The molecular weight excluding hydrogens is 1210 g/mol. The van der Waals surface area contributed by atoms with Gasteiger partial charge in [-0.1, -0.05) is 324 Å². The highest BCUT2D eigenvalue weighted by Crippen LogP contribution is 2.45. The Morgan fingerprint density at radius 1 is 0.293 bits per heavy atom. The lowest BCUT2D eigenvalue weighted by Gasteiger charge is -2.21. The predicted molar refractivity (Wildman–Crippen MR) is 372 cm³/mol. The number of hydrogen-bond acceptors (Lipinski definition) is 15. The minimum absolute atomic E-state index is 0.106. The number of carbonyl (C=O) groups excluding carboxylic acids is 4. The van der Waals surface area contributed by atoms with Crippen LogP contribution in [0.3, 0.4) is 0 Å². The number of unbranched alkanes of at least 4 members (excludes halogenated alkanes) is 42. The van der Waals surface area contributed by atoms with Crippen molar-refractivity contribution in [2.75, 3.05) is 39.6 Å². The molecule has 2 unspecified atom stereocenters. The molecule has 546 valence electrons. The quantitative estimate of drug-likeness (QED) is 0.0222. The fourth-order valence-electron chi connectivity index (χ4n) is 11.1. The van der Waals surface area contributed by atoms with Gasteiger partial charge in [-0.05, 0) is 37.5 Å². The van der Waals surface area contributed by atoms with Crippen molar-refractivity contribution in [3.63, 3.8) is 0 Å². The number of hydrogen-bond donors (Lipinski definition) is 3. The third-order valence-corrected chi connectivity index (χ3v) is 18.9. The zero-order chi connectivity index (χ0) is 67.9. The first-order valence-corrected chi connectivity index (χ1v) is 41.0. The Hall–Kier alpha value is -1.94.